The summed E-state index contributed by atoms with van der Waals surface area (Å²) >= 11 is 0. The van der Waals surface area contributed by atoms with Crippen LogP contribution in [-0.4, -0.2) is 18.9 Å². The first-order valence-electron chi connectivity index (χ1n) is 6.86. The number of benzene rings is 1. The van der Waals surface area contributed by atoms with E-state index in [4.69, 9.17) is 0 Å². The first kappa shape index (κ1) is 15.7. The standard InChI is InChI=1S/C16H24FNO/c1-11(2)9-18(10-12(3)4)16-7-6-14(13(5)19)8-15(16)17/h6-8,11-12H,9-10H2,1-5H3. The second-order valence-electron chi connectivity index (χ2n) is 5.92. The Morgan fingerprint density at radius 1 is 1.16 bits per heavy atom. The molecule has 0 radical (unpaired) electrons. The minimum atomic E-state index is -0.311. The zero-order chi connectivity index (χ0) is 14.6. The van der Waals surface area contributed by atoms with E-state index in [1.807, 2.05) is 0 Å². The van der Waals surface area contributed by atoms with Gasteiger partial charge in [-0.1, -0.05) is 27.7 Å². The molecule has 0 saturated carbocycles. The van der Waals surface area contributed by atoms with E-state index in [9.17, 15) is 9.18 Å². The highest BCUT2D eigenvalue weighted by Crippen LogP contribution is 2.23. The Labute approximate surface area is 115 Å². The highest BCUT2D eigenvalue weighted by molar-refractivity contribution is 5.94. The number of rotatable bonds is 6. The molecule has 0 aromatic heterocycles. The van der Waals surface area contributed by atoms with Gasteiger partial charge < -0.3 is 4.90 Å². The number of anilines is 1. The highest BCUT2D eigenvalue weighted by atomic mass is 19.1. The molecule has 1 rings (SSSR count). The molecular weight excluding hydrogens is 241 g/mol. The quantitative estimate of drug-likeness (QED) is 0.720. The van der Waals surface area contributed by atoms with Crippen LogP contribution in [0, 0.1) is 17.7 Å². The lowest BCUT2D eigenvalue weighted by molar-refractivity contribution is 0.101. The third-order valence-corrected chi connectivity index (χ3v) is 2.87. The van der Waals surface area contributed by atoms with Gasteiger partial charge in [-0.2, -0.15) is 0 Å². The largest absolute Gasteiger partial charge is 0.369 e. The van der Waals surface area contributed by atoms with Gasteiger partial charge in [-0.25, -0.2) is 4.39 Å². The SMILES string of the molecule is CC(=O)c1ccc(N(CC(C)C)CC(C)C)c(F)c1. The molecule has 0 fully saturated rings. The molecule has 19 heavy (non-hydrogen) atoms. The summed E-state index contributed by atoms with van der Waals surface area (Å²) in [5.41, 5.74) is 1.02. The average Bonchev–Trinajstić information content (AvgIpc) is 2.26. The summed E-state index contributed by atoms with van der Waals surface area (Å²) in [5, 5.41) is 0. The number of hydrogen-bond donors (Lipinski definition) is 0. The van der Waals surface area contributed by atoms with Gasteiger partial charge in [-0.3, -0.25) is 4.79 Å². The van der Waals surface area contributed by atoms with Crippen molar-refractivity contribution < 1.29 is 9.18 Å². The van der Waals surface area contributed by atoms with Crippen LogP contribution in [0.3, 0.4) is 0 Å². The van der Waals surface area contributed by atoms with Crippen molar-refractivity contribution in [2.24, 2.45) is 11.8 Å². The number of halogens is 1. The fraction of sp³-hybridized carbons (Fsp3) is 0.562. The molecular formula is C16H24FNO. The fourth-order valence-corrected chi connectivity index (χ4v) is 2.14. The zero-order valence-corrected chi connectivity index (χ0v) is 12.5. The van der Waals surface area contributed by atoms with E-state index in [0.29, 0.717) is 23.1 Å². The van der Waals surface area contributed by atoms with Gasteiger partial charge in [-0.15, -0.1) is 0 Å². The van der Waals surface area contributed by atoms with Crippen molar-refractivity contribution in [3.63, 3.8) is 0 Å². The van der Waals surface area contributed by atoms with Crippen molar-refractivity contribution in [1.29, 1.82) is 0 Å². The molecule has 0 atom stereocenters. The van der Waals surface area contributed by atoms with Crippen LogP contribution in [0.25, 0.3) is 0 Å². The lowest BCUT2D eigenvalue weighted by Crippen LogP contribution is -2.32. The van der Waals surface area contributed by atoms with Crippen molar-refractivity contribution in [3.8, 4) is 0 Å². The summed E-state index contributed by atoms with van der Waals surface area (Å²) in [6.45, 7) is 11.6. The van der Waals surface area contributed by atoms with Crippen molar-refractivity contribution in [1.82, 2.24) is 0 Å². The number of Topliss-reactive ketones (excluding diaryl/α,β-unsaturated/α-hetero) is 1. The van der Waals surface area contributed by atoms with Crippen molar-refractivity contribution in [2.75, 3.05) is 18.0 Å². The second kappa shape index (κ2) is 6.69. The maximum atomic E-state index is 14.2. The third kappa shape index (κ3) is 4.66. The molecule has 0 saturated heterocycles. The number of hydrogen-bond acceptors (Lipinski definition) is 2. The van der Waals surface area contributed by atoms with Crippen molar-refractivity contribution in [3.05, 3.63) is 29.6 Å². The Morgan fingerprint density at radius 3 is 2.05 bits per heavy atom. The number of ketones is 1. The monoisotopic (exact) mass is 265 g/mol. The van der Waals surface area contributed by atoms with Crippen LogP contribution in [0.2, 0.25) is 0 Å². The summed E-state index contributed by atoms with van der Waals surface area (Å²) in [6, 6.07) is 4.76. The zero-order valence-electron chi connectivity index (χ0n) is 12.5. The Hall–Kier alpha value is -1.38. The van der Waals surface area contributed by atoms with E-state index in [1.54, 1.807) is 12.1 Å². The molecule has 0 N–H and O–H groups in total. The van der Waals surface area contributed by atoms with Crippen LogP contribution in [0.15, 0.2) is 18.2 Å². The van der Waals surface area contributed by atoms with Gasteiger partial charge in [0, 0.05) is 18.7 Å². The molecule has 3 heteroatoms. The molecule has 0 aliphatic carbocycles. The average molecular weight is 265 g/mol. The molecule has 106 valence electrons. The topological polar surface area (TPSA) is 20.3 Å². The van der Waals surface area contributed by atoms with E-state index in [-0.39, 0.29) is 11.6 Å². The van der Waals surface area contributed by atoms with Gasteiger partial charge in [0.05, 0.1) is 5.69 Å². The van der Waals surface area contributed by atoms with E-state index < -0.39 is 0 Å². The number of carbonyl (C=O) groups is 1. The molecule has 0 amide bonds. The highest BCUT2D eigenvalue weighted by Gasteiger charge is 2.15. The number of carbonyl (C=O) groups excluding carboxylic acids is 1. The molecule has 0 aliphatic heterocycles. The summed E-state index contributed by atoms with van der Waals surface area (Å²) in [6.07, 6.45) is 0. The van der Waals surface area contributed by atoms with Crippen molar-refractivity contribution >= 4 is 11.5 Å². The second-order valence-corrected chi connectivity index (χ2v) is 5.92. The maximum absolute atomic E-state index is 14.2. The fourth-order valence-electron chi connectivity index (χ4n) is 2.14. The van der Waals surface area contributed by atoms with Gasteiger partial charge in [0.2, 0.25) is 0 Å². The smallest absolute Gasteiger partial charge is 0.159 e. The van der Waals surface area contributed by atoms with Gasteiger partial charge in [0.1, 0.15) is 5.82 Å². The predicted molar refractivity (Wildman–Crippen MR) is 78.3 cm³/mol. The number of nitrogens with zero attached hydrogens (tertiary/aromatic N) is 1. The normalized spacial score (nSPS) is 11.2. The summed E-state index contributed by atoms with van der Waals surface area (Å²) < 4.78 is 14.2. The first-order valence-corrected chi connectivity index (χ1v) is 6.86. The summed E-state index contributed by atoms with van der Waals surface area (Å²) in [7, 11) is 0. The van der Waals surface area contributed by atoms with Crippen LogP contribution in [-0.2, 0) is 0 Å². The minimum Gasteiger partial charge on any atom is -0.369 e. The van der Waals surface area contributed by atoms with E-state index in [2.05, 4.69) is 32.6 Å². The predicted octanol–water partition coefficient (Wildman–Crippen LogP) is 4.15. The molecule has 0 aliphatic rings. The third-order valence-electron chi connectivity index (χ3n) is 2.87. The van der Waals surface area contributed by atoms with Crippen LogP contribution >= 0.6 is 0 Å². The van der Waals surface area contributed by atoms with Crippen LogP contribution in [0.5, 0.6) is 0 Å². The molecule has 0 bridgehead atoms. The lowest BCUT2D eigenvalue weighted by atomic mass is 10.1. The van der Waals surface area contributed by atoms with Crippen LogP contribution < -0.4 is 4.90 Å². The van der Waals surface area contributed by atoms with Gasteiger partial charge in [0.25, 0.3) is 0 Å². The molecule has 1 aromatic carbocycles. The lowest BCUT2D eigenvalue weighted by Gasteiger charge is -2.29. The Balaban J connectivity index is 3.04. The summed E-state index contributed by atoms with van der Waals surface area (Å²) in [5.74, 6) is 0.509. The minimum absolute atomic E-state index is 0.107. The Bertz CT molecular complexity index is 430. The Morgan fingerprint density at radius 2 is 1.68 bits per heavy atom. The van der Waals surface area contributed by atoms with E-state index in [1.165, 1.54) is 13.0 Å². The van der Waals surface area contributed by atoms with Gasteiger partial charge in [-0.05, 0) is 37.0 Å². The van der Waals surface area contributed by atoms with Gasteiger partial charge >= 0.3 is 0 Å². The van der Waals surface area contributed by atoms with Gasteiger partial charge in [0.15, 0.2) is 5.78 Å². The van der Waals surface area contributed by atoms with E-state index in [0.717, 1.165) is 13.1 Å². The molecule has 0 heterocycles. The van der Waals surface area contributed by atoms with Crippen LogP contribution in [0.1, 0.15) is 45.0 Å². The summed E-state index contributed by atoms with van der Waals surface area (Å²) in [4.78, 5) is 13.3. The van der Waals surface area contributed by atoms with E-state index >= 15 is 0 Å². The van der Waals surface area contributed by atoms with Crippen LogP contribution in [0.4, 0.5) is 10.1 Å². The molecule has 1 aromatic rings. The first-order chi connectivity index (χ1) is 8.81. The maximum Gasteiger partial charge on any atom is 0.159 e. The van der Waals surface area contributed by atoms with Crippen molar-refractivity contribution in [2.45, 2.75) is 34.6 Å². The Kier molecular flexibility index (Phi) is 5.52. The molecule has 0 unspecified atom stereocenters. The molecule has 0 spiro atoms. The molecule has 2 nitrogen and oxygen atoms in total.